The number of fused-ring (bicyclic) bond motifs is 3. The van der Waals surface area contributed by atoms with Crippen LogP contribution in [0.3, 0.4) is 0 Å². The van der Waals surface area contributed by atoms with E-state index in [0.29, 0.717) is 33.4 Å². The average Bonchev–Trinajstić information content (AvgIpc) is 3.24. The maximum atomic E-state index is 13.2. The van der Waals surface area contributed by atoms with Gasteiger partial charge in [-0.1, -0.05) is 24.3 Å². The Morgan fingerprint density at radius 3 is 2.25 bits per heavy atom. The number of hydrogen-bond acceptors (Lipinski definition) is 3. The number of aromatic amines is 1. The Labute approximate surface area is 204 Å². The lowest BCUT2D eigenvalue weighted by atomic mass is 9.93. The zero-order valence-electron chi connectivity index (χ0n) is 19.2. The van der Waals surface area contributed by atoms with Crippen LogP contribution in [-0.2, 0) is 0 Å². The van der Waals surface area contributed by atoms with Gasteiger partial charge in [-0.15, -0.1) is 0 Å². The largest absolute Gasteiger partial charge is 0.366 e. The van der Waals surface area contributed by atoms with Crippen molar-refractivity contribution < 1.29 is 18.8 Å². The van der Waals surface area contributed by atoms with E-state index in [-0.39, 0.29) is 5.91 Å². The normalized spacial score (nSPS) is 11.1. The number of rotatable bonds is 5. The van der Waals surface area contributed by atoms with E-state index in [9.17, 15) is 18.8 Å². The molecule has 0 aliphatic rings. The number of nitrogens with one attached hydrogen (secondary N) is 2. The number of amides is 3. The van der Waals surface area contributed by atoms with Crippen LogP contribution in [0.5, 0.6) is 0 Å². The van der Waals surface area contributed by atoms with Crippen molar-refractivity contribution in [2.24, 2.45) is 11.5 Å². The van der Waals surface area contributed by atoms with Gasteiger partial charge in [-0.3, -0.25) is 14.4 Å². The molecule has 0 radical (unpaired) electrons. The summed E-state index contributed by atoms with van der Waals surface area (Å²) in [6, 6.07) is 19.3. The molecule has 0 atom stereocenters. The van der Waals surface area contributed by atoms with Crippen LogP contribution < -0.4 is 16.8 Å². The Hall–Kier alpha value is -4.98. The zero-order chi connectivity index (χ0) is 25.6. The number of primary amides is 2. The number of carbonyl (C=O) groups excluding carboxylic acids is 3. The molecule has 0 fully saturated rings. The summed E-state index contributed by atoms with van der Waals surface area (Å²) in [5.74, 6) is -1.94. The van der Waals surface area contributed by atoms with E-state index in [1.807, 2.05) is 25.1 Å². The van der Waals surface area contributed by atoms with Crippen molar-refractivity contribution in [3.8, 4) is 11.1 Å². The Kier molecular flexibility index (Phi) is 5.49. The van der Waals surface area contributed by atoms with Crippen LogP contribution in [0.2, 0.25) is 0 Å². The highest BCUT2D eigenvalue weighted by Gasteiger charge is 2.19. The number of anilines is 1. The third kappa shape index (κ3) is 3.84. The molecule has 7 nitrogen and oxygen atoms in total. The van der Waals surface area contributed by atoms with E-state index < -0.39 is 17.6 Å². The number of carbonyl (C=O) groups is 3. The first-order valence-electron chi connectivity index (χ1n) is 11.1. The fourth-order valence-corrected chi connectivity index (χ4v) is 4.45. The minimum absolute atomic E-state index is 0.309. The van der Waals surface area contributed by atoms with Crippen LogP contribution in [0.4, 0.5) is 10.1 Å². The van der Waals surface area contributed by atoms with Gasteiger partial charge in [0.2, 0.25) is 5.91 Å². The molecular weight excluding hydrogens is 459 g/mol. The number of aromatic nitrogens is 1. The van der Waals surface area contributed by atoms with Crippen LogP contribution in [0, 0.1) is 12.7 Å². The monoisotopic (exact) mass is 480 g/mol. The maximum absolute atomic E-state index is 13.2. The van der Waals surface area contributed by atoms with E-state index in [1.165, 1.54) is 24.3 Å². The molecule has 8 heteroatoms. The lowest BCUT2D eigenvalue weighted by molar-refractivity contribution is 0.0992. The fourth-order valence-electron chi connectivity index (χ4n) is 4.45. The second-order valence-corrected chi connectivity index (χ2v) is 8.46. The molecule has 0 unspecified atom stereocenters. The predicted molar refractivity (Wildman–Crippen MR) is 137 cm³/mol. The molecule has 0 spiro atoms. The van der Waals surface area contributed by atoms with Gasteiger partial charge in [-0.25, -0.2) is 4.39 Å². The molecule has 5 rings (SSSR count). The Morgan fingerprint density at radius 1 is 0.833 bits per heavy atom. The van der Waals surface area contributed by atoms with Gasteiger partial charge in [0.25, 0.3) is 11.8 Å². The second-order valence-electron chi connectivity index (χ2n) is 8.46. The molecule has 36 heavy (non-hydrogen) atoms. The highest BCUT2D eigenvalue weighted by molar-refractivity contribution is 6.20. The second kappa shape index (κ2) is 8.66. The Balaban J connectivity index is 1.67. The zero-order valence-corrected chi connectivity index (χ0v) is 19.2. The molecule has 0 saturated carbocycles. The van der Waals surface area contributed by atoms with Crippen LogP contribution in [0.15, 0.2) is 72.8 Å². The summed E-state index contributed by atoms with van der Waals surface area (Å²) in [5, 5.41) is 4.43. The number of halogens is 1. The van der Waals surface area contributed by atoms with Crippen molar-refractivity contribution >= 4 is 45.2 Å². The van der Waals surface area contributed by atoms with Gasteiger partial charge in [-0.2, -0.15) is 0 Å². The van der Waals surface area contributed by atoms with E-state index in [1.54, 1.807) is 30.3 Å². The molecule has 6 N–H and O–H groups in total. The SMILES string of the molecule is Cc1c(NC(=O)c2ccc(F)cc2)cccc1-c1ccc(C(N)=O)c2[nH]c3cc(C(N)=O)ccc3c12. The Morgan fingerprint density at radius 2 is 1.56 bits per heavy atom. The molecule has 0 bridgehead atoms. The number of hydrogen-bond donors (Lipinski definition) is 4. The summed E-state index contributed by atoms with van der Waals surface area (Å²) >= 11 is 0. The van der Waals surface area contributed by atoms with Crippen molar-refractivity contribution in [1.29, 1.82) is 0 Å². The highest BCUT2D eigenvalue weighted by Crippen LogP contribution is 2.39. The molecule has 178 valence electrons. The number of benzene rings is 4. The van der Waals surface area contributed by atoms with E-state index in [0.717, 1.165) is 27.5 Å². The van der Waals surface area contributed by atoms with E-state index in [2.05, 4.69) is 10.3 Å². The molecule has 1 heterocycles. The molecule has 0 aliphatic carbocycles. The quantitative estimate of drug-likeness (QED) is 0.286. The van der Waals surface area contributed by atoms with Gasteiger partial charge in [0.1, 0.15) is 5.82 Å². The summed E-state index contributed by atoms with van der Waals surface area (Å²) in [6.07, 6.45) is 0. The first-order chi connectivity index (χ1) is 17.2. The smallest absolute Gasteiger partial charge is 0.255 e. The third-order valence-corrected chi connectivity index (χ3v) is 6.28. The van der Waals surface area contributed by atoms with Crippen molar-refractivity contribution in [3.63, 3.8) is 0 Å². The van der Waals surface area contributed by atoms with Crippen LogP contribution in [0.1, 0.15) is 36.6 Å². The van der Waals surface area contributed by atoms with Crippen molar-refractivity contribution in [2.75, 3.05) is 5.32 Å². The third-order valence-electron chi connectivity index (χ3n) is 6.28. The topological polar surface area (TPSA) is 131 Å². The van der Waals surface area contributed by atoms with Crippen molar-refractivity contribution in [1.82, 2.24) is 4.98 Å². The van der Waals surface area contributed by atoms with Gasteiger partial charge in [0, 0.05) is 33.1 Å². The molecule has 1 aromatic heterocycles. The first-order valence-corrected chi connectivity index (χ1v) is 11.1. The highest BCUT2D eigenvalue weighted by atomic mass is 19.1. The summed E-state index contributed by atoms with van der Waals surface area (Å²) in [5.41, 5.74) is 16.2. The van der Waals surface area contributed by atoms with Gasteiger partial charge < -0.3 is 21.8 Å². The first kappa shape index (κ1) is 22.8. The lowest BCUT2D eigenvalue weighted by Gasteiger charge is -2.15. The minimum atomic E-state index is -0.592. The summed E-state index contributed by atoms with van der Waals surface area (Å²) < 4.78 is 13.2. The summed E-state index contributed by atoms with van der Waals surface area (Å²) in [4.78, 5) is 39.8. The van der Waals surface area contributed by atoms with E-state index in [4.69, 9.17) is 11.5 Å². The molecule has 0 aliphatic heterocycles. The molecule has 5 aromatic rings. The Bertz CT molecular complexity index is 1700. The molecule has 3 amide bonds. The van der Waals surface area contributed by atoms with Gasteiger partial charge in [0.05, 0.1) is 11.1 Å². The van der Waals surface area contributed by atoms with Gasteiger partial charge >= 0.3 is 0 Å². The lowest BCUT2D eigenvalue weighted by Crippen LogP contribution is -2.13. The van der Waals surface area contributed by atoms with E-state index >= 15 is 0 Å². The summed E-state index contributed by atoms with van der Waals surface area (Å²) in [7, 11) is 0. The van der Waals surface area contributed by atoms with Crippen LogP contribution in [-0.4, -0.2) is 22.7 Å². The maximum Gasteiger partial charge on any atom is 0.255 e. The number of nitrogens with two attached hydrogens (primary N) is 2. The van der Waals surface area contributed by atoms with Gasteiger partial charge in [-0.05, 0) is 72.1 Å². The van der Waals surface area contributed by atoms with Crippen LogP contribution >= 0.6 is 0 Å². The standard InChI is InChI=1S/C28H21FN4O3/c1-14-18(3-2-4-22(14)33-28(36)15-5-8-17(29)9-6-15)19-11-12-21(27(31)35)25-24(19)20-10-7-16(26(30)34)13-23(20)32-25/h2-13,32H,1H3,(H2,30,34)(H2,31,35)(H,33,36). The van der Waals surface area contributed by atoms with Crippen molar-refractivity contribution in [2.45, 2.75) is 6.92 Å². The average molecular weight is 480 g/mol. The minimum Gasteiger partial charge on any atom is -0.366 e. The summed E-state index contributed by atoms with van der Waals surface area (Å²) in [6.45, 7) is 1.88. The van der Waals surface area contributed by atoms with Crippen LogP contribution in [0.25, 0.3) is 32.9 Å². The molecule has 4 aromatic carbocycles. The fraction of sp³-hybridized carbons (Fsp3) is 0.0357. The van der Waals surface area contributed by atoms with Gasteiger partial charge in [0.15, 0.2) is 0 Å². The van der Waals surface area contributed by atoms with Crippen molar-refractivity contribution in [3.05, 3.63) is 101 Å². The number of H-pyrrole nitrogens is 1. The predicted octanol–water partition coefficient (Wildman–Crippen LogP) is 4.89. The molecular formula is C28H21FN4O3. The molecule has 0 saturated heterocycles.